The Morgan fingerprint density at radius 3 is 2.45 bits per heavy atom. The Labute approximate surface area is 131 Å². The van der Waals surface area contributed by atoms with Crippen molar-refractivity contribution in [1.82, 2.24) is 9.62 Å². The van der Waals surface area contributed by atoms with Crippen LogP contribution >= 0.6 is 0 Å². The predicted molar refractivity (Wildman–Crippen MR) is 85.0 cm³/mol. The van der Waals surface area contributed by atoms with Crippen LogP contribution in [0.3, 0.4) is 0 Å². The monoisotopic (exact) mass is 325 g/mol. The van der Waals surface area contributed by atoms with Crippen LogP contribution in [0, 0.1) is 5.92 Å². The summed E-state index contributed by atoms with van der Waals surface area (Å²) in [7, 11) is -0.271. The summed E-state index contributed by atoms with van der Waals surface area (Å²) in [6.07, 6.45) is 2.77. The minimum atomic E-state index is -3.58. The van der Waals surface area contributed by atoms with Gasteiger partial charge in [-0.25, -0.2) is 13.1 Å². The SMILES string of the molecule is CN(C)C(=O)c1ccc(S(=O)(=O)NC2CCCC2CN)cc1. The normalized spacial score (nSPS) is 21.8. The Hall–Kier alpha value is -1.44. The molecule has 0 spiro atoms. The summed E-state index contributed by atoms with van der Waals surface area (Å²) in [4.78, 5) is 13.4. The van der Waals surface area contributed by atoms with E-state index in [1.54, 1.807) is 14.1 Å². The summed E-state index contributed by atoms with van der Waals surface area (Å²) in [5, 5.41) is 0. The van der Waals surface area contributed by atoms with Crippen LogP contribution in [0.15, 0.2) is 29.2 Å². The van der Waals surface area contributed by atoms with Crippen LogP contribution in [0.2, 0.25) is 0 Å². The molecule has 0 aromatic heterocycles. The number of nitrogens with two attached hydrogens (primary N) is 1. The van der Waals surface area contributed by atoms with Crippen molar-refractivity contribution in [3.63, 3.8) is 0 Å². The number of rotatable bonds is 5. The van der Waals surface area contributed by atoms with E-state index in [1.807, 2.05) is 0 Å². The standard InChI is InChI=1S/C15H23N3O3S/c1-18(2)15(19)11-6-8-13(9-7-11)22(20,21)17-14-5-3-4-12(14)10-16/h6-9,12,14,17H,3-5,10,16H2,1-2H3. The van der Waals surface area contributed by atoms with E-state index in [0.717, 1.165) is 19.3 Å². The van der Waals surface area contributed by atoms with Crippen molar-refractivity contribution in [2.24, 2.45) is 11.7 Å². The molecule has 0 heterocycles. The maximum absolute atomic E-state index is 12.4. The molecule has 122 valence electrons. The summed E-state index contributed by atoms with van der Waals surface area (Å²) in [6.45, 7) is 0.490. The molecular formula is C15H23N3O3S. The lowest BCUT2D eigenvalue weighted by Gasteiger charge is -2.19. The minimum absolute atomic E-state index is 0.0990. The van der Waals surface area contributed by atoms with Gasteiger partial charge in [0.25, 0.3) is 5.91 Å². The van der Waals surface area contributed by atoms with Gasteiger partial charge in [-0.1, -0.05) is 6.42 Å². The Kier molecular flexibility index (Phi) is 5.20. The van der Waals surface area contributed by atoms with Gasteiger partial charge in [-0.2, -0.15) is 0 Å². The van der Waals surface area contributed by atoms with Crippen molar-refractivity contribution in [3.8, 4) is 0 Å². The second-order valence-corrected chi connectivity index (χ2v) is 7.59. The first-order chi connectivity index (χ1) is 10.3. The van der Waals surface area contributed by atoms with Crippen LogP contribution in [0.1, 0.15) is 29.6 Å². The van der Waals surface area contributed by atoms with Gasteiger partial charge < -0.3 is 10.6 Å². The summed E-state index contributed by atoms with van der Waals surface area (Å²) >= 11 is 0. The molecule has 1 saturated carbocycles. The maximum atomic E-state index is 12.4. The average molecular weight is 325 g/mol. The van der Waals surface area contributed by atoms with E-state index < -0.39 is 10.0 Å². The molecule has 2 unspecified atom stereocenters. The van der Waals surface area contributed by atoms with E-state index in [0.29, 0.717) is 12.1 Å². The zero-order valence-electron chi connectivity index (χ0n) is 13.0. The third-order valence-corrected chi connectivity index (χ3v) is 5.59. The first-order valence-electron chi connectivity index (χ1n) is 7.39. The molecule has 1 aromatic carbocycles. The second kappa shape index (κ2) is 6.76. The highest BCUT2D eigenvalue weighted by molar-refractivity contribution is 7.89. The molecule has 1 aromatic rings. The highest BCUT2D eigenvalue weighted by atomic mass is 32.2. The zero-order valence-corrected chi connectivity index (χ0v) is 13.8. The molecule has 0 radical (unpaired) electrons. The lowest BCUT2D eigenvalue weighted by molar-refractivity contribution is 0.0827. The van der Waals surface area contributed by atoms with Crippen molar-refractivity contribution in [2.75, 3.05) is 20.6 Å². The Bertz CT molecular complexity index is 626. The number of nitrogens with one attached hydrogen (secondary N) is 1. The number of nitrogens with zero attached hydrogens (tertiary/aromatic N) is 1. The fourth-order valence-corrected chi connectivity index (χ4v) is 4.12. The predicted octanol–water partition coefficient (Wildman–Crippen LogP) is 0.794. The fourth-order valence-electron chi connectivity index (χ4n) is 2.78. The molecule has 6 nitrogen and oxygen atoms in total. The summed E-state index contributed by atoms with van der Waals surface area (Å²) in [6, 6.07) is 5.90. The van der Waals surface area contributed by atoms with Crippen molar-refractivity contribution >= 4 is 15.9 Å². The van der Waals surface area contributed by atoms with Gasteiger partial charge in [-0.3, -0.25) is 4.79 Å². The Morgan fingerprint density at radius 1 is 1.27 bits per heavy atom. The molecule has 0 saturated heterocycles. The van der Waals surface area contributed by atoms with E-state index in [9.17, 15) is 13.2 Å². The molecule has 0 aliphatic heterocycles. The molecule has 1 aliphatic rings. The van der Waals surface area contributed by atoms with Gasteiger partial charge in [-0.05, 0) is 49.6 Å². The first kappa shape index (κ1) is 16.9. The van der Waals surface area contributed by atoms with Crippen molar-refractivity contribution in [1.29, 1.82) is 0 Å². The lowest BCUT2D eigenvalue weighted by Crippen LogP contribution is -2.39. The van der Waals surface area contributed by atoms with Crippen LogP contribution in [-0.2, 0) is 10.0 Å². The molecular weight excluding hydrogens is 302 g/mol. The van der Waals surface area contributed by atoms with Crippen LogP contribution in [0.25, 0.3) is 0 Å². The van der Waals surface area contributed by atoms with Gasteiger partial charge in [-0.15, -0.1) is 0 Å². The molecule has 7 heteroatoms. The smallest absolute Gasteiger partial charge is 0.253 e. The largest absolute Gasteiger partial charge is 0.345 e. The van der Waals surface area contributed by atoms with Crippen LogP contribution in [0.4, 0.5) is 0 Å². The number of hydrogen-bond acceptors (Lipinski definition) is 4. The van der Waals surface area contributed by atoms with E-state index in [4.69, 9.17) is 5.73 Å². The summed E-state index contributed by atoms with van der Waals surface area (Å²) in [5.41, 5.74) is 6.15. The third kappa shape index (κ3) is 3.66. The number of benzene rings is 1. The highest BCUT2D eigenvalue weighted by Gasteiger charge is 2.30. The zero-order chi connectivity index (χ0) is 16.3. The van der Waals surface area contributed by atoms with Gasteiger partial charge in [0, 0.05) is 25.7 Å². The number of amides is 1. The van der Waals surface area contributed by atoms with Crippen molar-refractivity contribution in [3.05, 3.63) is 29.8 Å². The highest BCUT2D eigenvalue weighted by Crippen LogP contribution is 2.26. The minimum Gasteiger partial charge on any atom is -0.345 e. The number of carbonyl (C=O) groups excluding carboxylic acids is 1. The van der Waals surface area contributed by atoms with Gasteiger partial charge >= 0.3 is 0 Å². The Balaban J connectivity index is 2.14. The molecule has 2 rings (SSSR count). The van der Waals surface area contributed by atoms with E-state index in [-0.39, 0.29) is 22.8 Å². The fraction of sp³-hybridized carbons (Fsp3) is 0.533. The average Bonchev–Trinajstić information content (AvgIpc) is 2.93. The van der Waals surface area contributed by atoms with Crippen molar-refractivity contribution < 1.29 is 13.2 Å². The van der Waals surface area contributed by atoms with E-state index in [2.05, 4.69) is 4.72 Å². The summed E-state index contributed by atoms with van der Waals surface area (Å²) in [5.74, 6) is 0.0419. The second-order valence-electron chi connectivity index (χ2n) is 5.88. The Morgan fingerprint density at radius 2 is 1.91 bits per heavy atom. The van der Waals surface area contributed by atoms with Crippen LogP contribution in [0.5, 0.6) is 0 Å². The molecule has 1 amide bonds. The van der Waals surface area contributed by atoms with Gasteiger partial charge in [0.2, 0.25) is 10.0 Å². The topological polar surface area (TPSA) is 92.5 Å². The van der Waals surface area contributed by atoms with Gasteiger partial charge in [0.15, 0.2) is 0 Å². The first-order valence-corrected chi connectivity index (χ1v) is 8.87. The molecule has 1 aliphatic carbocycles. The molecule has 1 fully saturated rings. The molecule has 0 bridgehead atoms. The summed E-state index contributed by atoms with van der Waals surface area (Å²) < 4.78 is 27.6. The molecule has 22 heavy (non-hydrogen) atoms. The van der Waals surface area contributed by atoms with Crippen LogP contribution < -0.4 is 10.5 Å². The van der Waals surface area contributed by atoms with Gasteiger partial charge in [0.1, 0.15) is 0 Å². The molecule has 2 atom stereocenters. The van der Waals surface area contributed by atoms with Crippen molar-refractivity contribution in [2.45, 2.75) is 30.2 Å². The van der Waals surface area contributed by atoms with E-state index in [1.165, 1.54) is 29.2 Å². The third-order valence-electron chi connectivity index (χ3n) is 4.09. The maximum Gasteiger partial charge on any atom is 0.253 e. The van der Waals surface area contributed by atoms with Gasteiger partial charge in [0.05, 0.1) is 4.90 Å². The molecule has 3 N–H and O–H groups in total. The number of hydrogen-bond donors (Lipinski definition) is 2. The number of sulfonamides is 1. The number of carbonyl (C=O) groups is 1. The lowest BCUT2D eigenvalue weighted by atomic mass is 10.1. The van der Waals surface area contributed by atoms with E-state index >= 15 is 0 Å². The quantitative estimate of drug-likeness (QED) is 0.837. The van der Waals surface area contributed by atoms with Crippen LogP contribution in [-0.4, -0.2) is 45.9 Å².